The molecule has 0 saturated heterocycles. The van der Waals surface area contributed by atoms with Gasteiger partial charge in [0.2, 0.25) is 10.0 Å². The molecule has 0 spiro atoms. The quantitative estimate of drug-likeness (QED) is 0.839. The third-order valence-corrected chi connectivity index (χ3v) is 6.84. The first-order valence-electron chi connectivity index (χ1n) is 5.50. The van der Waals surface area contributed by atoms with Crippen molar-refractivity contribution in [2.24, 2.45) is 0 Å². The molecule has 2 aromatic rings. The van der Waals surface area contributed by atoms with E-state index < -0.39 is 10.0 Å². The van der Waals surface area contributed by atoms with E-state index in [1.807, 2.05) is 6.07 Å². The molecule has 8 heteroatoms. The predicted molar refractivity (Wildman–Crippen MR) is 84.0 cm³/mol. The Balaban J connectivity index is 2.12. The molecule has 1 aromatic heterocycles. The molecule has 0 aliphatic carbocycles. The molecule has 0 saturated carbocycles. The Morgan fingerprint density at radius 3 is 2.75 bits per heavy atom. The second-order valence-corrected chi connectivity index (χ2v) is 8.63. The summed E-state index contributed by atoms with van der Waals surface area (Å²) in [5.74, 6) is 0.684. The van der Waals surface area contributed by atoms with Crippen LogP contribution < -0.4 is 9.46 Å². The zero-order chi connectivity index (χ0) is 14.8. The second-order valence-electron chi connectivity index (χ2n) is 3.86. The van der Waals surface area contributed by atoms with E-state index in [1.165, 1.54) is 6.07 Å². The van der Waals surface area contributed by atoms with Gasteiger partial charge in [0.05, 0.1) is 15.9 Å². The van der Waals surface area contributed by atoms with Gasteiger partial charge in [-0.15, -0.1) is 11.3 Å². The third kappa shape index (κ3) is 3.73. The van der Waals surface area contributed by atoms with Crippen molar-refractivity contribution in [2.75, 3.05) is 7.11 Å². The maximum absolute atomic E-state index is 12.1. The monoisotopic (exact) mass is 395 g/mol. The van der Waals surface area contributed by atoms with Crippen LogP contribution in [0.1, 0.15) is 5.56 Å². The molecule has 0 unspecified atom stereocenters. The highest BCUT2D eigenvalue weighted by molar-refractivity contribution is 9.11. The van der Waals surface area contributed by atoms with Crippen LogP contribution in [-0.2, 0) is 16.6 Å². The van der Waals surface area contributed by atoms with Gasteiger partial charge in [-0.3, -0.25) is 0 Å². The molecular formula is C12H11BrClNO3S2. The fourth-order valence-electron chi connectivity index (χ4n) is 1.49. The van der Waals surface area contributed by atoms with E-state index in [0.29, 0.717) is 14.6 Å². The average Bonchev–Trinajstić information content (AvgIpc) is 2.78. The Hall–Kier alpha value is -0.600. The molecule has 1 aromatic carbocycles. The number of ether oxygens (including phenoxy) is 1. The van der Waals surface area contributed by atoms with Gasteiger partial charge in [-0.05, 0) is 39.7 Å². The largest absolute Gasteiger partial charge is 0.497 e. The number of methoxy groups -OCH3 is 1. The van der Waals surface area contributed by atoms with E-state index >= 15 is 0 Å². The molecular weight excluding hydrogens is 386 g/mol. The minimum absolute atomic E-state index is 0.178. The molecule has 0 radical (unpaired) electrons. The van der Waals surface area contributed by atoms with Crippen LogP contribution in [0.15, 0.2) is 38.3 Å². The van der Waals surface area contributed by atoms with Gasteiger partial charge in [-0.2, -0.15) is 0 Å². The fraction of sp³-hybridized carbons (Fsp3) is 0.167. The summed E-state index contributed by atoms with van der Waals surface area (Å²) in [5.41, 5.74) is 0.814. The smallest absolute Gasteiger partial charge is 0.250 e. The normalized spacial score (nSPS) is 11.6. The number of sulfonamides is 1. The zero-order valence-electron chi connectivity index (χ0n) is 10.4. The van der Waals surface area contributed by atoms with Crippen molar-refractivity contribution in [3.63, 3.8) is 0 Å². The van der Waals surface area contributed by atoms with Gasteiger partial charge in [0.15, 0.2) is 0 Å². The van der Waals surface area contributed by atoms with E-state index in [-0.39, 0.29) is 10.8 Å². The molecule has 4 nitrogen and oxygen atoms in total. The van der Waals surface area contributed by atoms with Crippen LogP contribution in [0.3, 0.4) is 0 Å². The van der Waals surface area contributed by atoms with Crippen LogP contribution in [0.4, 0.5) is 0 Å². The lowest BCUT2D eigenvalue weighted by molar-refractivity contribution is 0.414. The molecule has 2 rings (SSSR count). The van der Waals surface area contributed by atoms with Crippen LogP contribution in [0.5, 0.6) is 5.75 Å². The van der Waals surface area contributed by atoms with Gasteiger partial charge in [0.1, 0.15) is 9.96 Å². The maximum Gasteiger partial charge on any atom is 0.250 e. The number of halogens is 2. The summed E-state index contributed by atoms with van der Waals surface area (Å²) in [6.45, 7) is 0.187. The summed E-state index contributed by atoms with van der Waals surface area (Å²) in [4.78, 5) is 0. The lowest BCUT2D eigenvalue weighted by Gasteiger charge is -2.06. The first-order chi connectivity index (χ1) is 9.42. The Labute approximate surface area is 134 Å². The van der Waals surface area contributed by atoms with Crippen LogP contribution in [0, 0.1) is 0 Å². The third-order valence-electron chi connectivity index (χ3n) is 2.49. The standard InChI is InChI=1S/C12H11BrClNO3S2/c1-18-9-4-2-3-8(5-9)7-15-20(16,17)11-6-10(14)12(13)19-11/h2-6,15H,7H2,1H3. The highest BCUT2D eigenvalue weighted by Crippen LogP contribution is 2.34. The van der Waals surface area contributed by atoms with Crippen LogP contribution in [-0.4, -0.2) is 15.5 Å². The Kier molecular flexibility index (Phi) is 5.09. The van der Waals surface area contributed by atoms with Crippen LogP contribution in [0.2, 0.25) is 5.02 Å². The first-order valence-corrected chi connectivity index (χ1v) is 8.97. The number of benzene rings is 1. The lowest BCUT2D eigenvalue weighted by atomic mass is 10.2. The molecule has 0 aliphatic heterocycles. The minimum atomic E-state index is -3.57. The van der Waals surface area contributed by atoms with Crippen molar-refractivity contribution in [1.29, 1.82) is 0 Å². The highest BCUT2D eigenvalue weighted by Gasteiger charge is 2.18. The molecule has 1 N–H and O–H groups in total. The van der Waals surface area contributed by atoms with Gasteiger partial charge >= 0.3 is 0 Å². The Morgan fingerprint density at radius 1 is 1.40 bits per heavy atom. The summed E-state index contributed by atoms with van der Waals surface area (Å²) < 4.78 is 32.6. The van der Waals surface area contributed by atoms with Gasteiger partial charge in [0.25, 0.3) is 0 Å². The lowest BCUT2D eigenvalue weighted by Crippen LogP contribution is -2.22. The summed E-state index contributed by atoms with van der Waals surface area (Å²) >= 11 is 10.1. The highest BCUT2D eigenvalue weighted by atomic mass is 79.9. The second kappa shape index (κ2) is 6.44. The molecule has 20 heavy (non-hydrogen) atoms. The molecule has 0 amide bonds. The predicted octanol–water partition coefficient (Wildman–Crippen LogP) is 3.65. The average molecular weight is 397 g/mol. The number of hydrogen-bond donors (Lipinski definition) is 1. The van der Waals surface area contributed by atoms with Gasteiger partial charge in [0, 0.05) is 6.54 Å². The molecule has 0 aliphatic rings. The topological polar surface area (TPSA) is 55.4 Å². The summed E-state index contributed by atoms with van der Waals surface area (Å²) in [6, 6.07) is 8.63. The molecule has 108 valence electrons. The molecule has 0 bridgehead atoms. The molecule has 0 fully saturated rings. The minimum Gasteiger partial charge on any atom is -0.497 e. The van der Waals surface area contributed by atoms with E-state index in [9.17, 15) is 8.42 Å². The first kappa shape index (κ1) is 15.8. The van der Waals surface area contributed by atoms with Crippen molar-refractivity contribution in [3.8, 4) is 5.75 Å². The zero-order valence-corrected chi connectivity index (χ0v) is 14.4. The number of nitrogens with one attached hydrogen (secondary N) is 1. The fourth-order valence-corrected chi connectivity index (χ4v) is 4.95. The van der Waals surface area contributed by atoms with E-state index in [2.05, 4.69) is 20.7 Å². The number of thiophene rings is 1. The van der Waals surface area contributed by atoms with Crippen molar-refractivity contribution in [3.05, 3.63) is 44.7 Å². The van der Waals surface area contributed by atoms with Crippen LogP contribution in [0.25, 0.3) is 0 Å². The van der Waals surface area contributed by atoms with Crippen molar-refractivity contribution in [1.82, 2.24) is 4.72 Å². The van der Waals surface area contributed by atoms with E-state index in [0.717, 1.165) is 16.9 Å². The van der Waals surface area contributed by atoms with Gasteiger partial charge in [-0.25, -0.2) is 13.1 Å². The van der Waals surface area contributed by atoms with Gasteiger partial charge in [-0.1, -0.05) is 23.7 Å². The number of hydrogen-bond acceptors (Lipinski definition) is 4. The van der Waals surface area contributed by atoms with E-state index in [1.54, 1.807) is 25.3 Å². The Morgan fingerprint density at radius 2 is 2.15 bits per heavy atom. The summed E-state index contributed by atoms with van der Waals surface area (Å²) in [5, 5.41) is 0.386. The van der Waals surface area contributed by atoms with Gasteiger partial charge < -0.3 is 4.74 Å². The summed E-state index contributed by atoms with van der Waals surface area (Å²) in [6.07, 6.45) is 0. The maximum atomic E-state index is 12.1. The van der Waals surface area contributed by atoms with E-state index in [4.69, 9.17) is 16.3 Å². The number of rotatable bonds is 5. The Bertz CT molecular complexity index is 696. The van der Waals surface area contributed by atoms with Crippen molar-refractivity contribution >= 4 is 48.9 Å². The van der Waals surface area contributed by atoms with Crippen LogP contribution >= 0.6 is 38.9 Å². The summed E-state index contributed by atoms with van der Waals surface area (Å²) in [7, 11) is -2.00. The molecule has 1 heterocycles. The molecule has 0 atom stereocenters. The van der Waals surface area contributed by atoms with Crippen molar-refractivity contribution in [2.45, 2.75) is 10.8 Å². The van der Waals surface area contributed by atoms with Crippen molar-refractivity contribution < 1.29 is 13.2 Å². The SMILES string of the molecule is COc1cccc(CNS(=O)(=O)c2cc(Cl)c(Br)s2)c1.